The summed E-state index contributed by atoms with van der Waals surface area (Å²) in [6.45, 7) is 2.06. The molecule has 28 heavy (non-hydrogen) atoms. The van der Waals surface area contributed by atoms with E-state index in [-0.39, 0.29) is 12.2 Å². The predicted molar refractivity (Wildman–Crippen MR) is 100 cm³/mol. The van der Waals surface area contributed by atoms with Gasteiger partial charge in [-0.3, -0.25) is 9.59 Å². The molecule has 1 N–H and O–H groups in total. The maximum atomic E-state index is 13.2. The molecule has 0 atom stereocenters. The molecule has 0 aliphatic carbocycles. The van der Waals surface area contributed by atoms with Crippen LogP contribution < -0.4 is 15.6 Å². The molecule has 1 aromatic heterocycles. The number of ether oxygens (including phenoxy) is 1. The highest BCUT2D eigenvalue weighted by atomic mass is 19.2. The number of hydrogen-bond donors (Lipinski definition) is 1. The van der Waals surface area contributed by atoms with E-state index in [1.54, 1.807) is 30.3 Å². The first-order valence-corrected chi connectivity index (χ1v) is 8.52. The number of halogens is 2. The van der Waals surface area contributed by atoms with Crippen LogP contribution in [0.5, 0.6) is 5.75 Å². The van der Waals surface area contributed by atoms with Crippen molar-refractivity contribution in [1.29, 1.82) is 0 Å². The Labute approximate surface area is 159 Å². The second kappa shape index (κ2) is 8.43. The second-order valence-corrected chi connectivity index (χ2v) is 5.85. The molecule has 1 heterocycles. The van der Waals surface area contributed by atoms with Crippen LogP contribution in [0.25, 0.3) is 11.3 Å². The molecule has 6 nitrogen and oxygen atoms in total. The summed E-state index contributed by atoms with van der Waals surface area (Å²) >= 11 is 0. The van der Waals surface area contributed by atoms with Crippen molar-refractivity contribution < 1.29 is 18.3 Å². The number of aromatic nitrogens is 2. The molecule has 0 spiro atoms. The van der Waals surface area contributed by atoms with Crippen molar-refractivity contribution in [2.45, 2.75) is 13.5 Å². The number of carbonyl (C=O) groups excluding carboxylic acids is 1. The first kappa shape index (κ1) is 19.2. The van der Waals surface area contributed by atoms with Gasteiger partial charge in [0.2, 0.25) is 5.91 Å². The minimum Gasteiger partial charge on any atom is -0.494 e. The largest absolute Gasteiger partial charge is 0.494 e. The second-order valence-electron chi connectivity index (χ2n) is 5.85. The molecule has 0 aliphatic rings. The number of benzene rings is 2. The van der Waals surface area contributed by atoms with E-state index in [0.717, 1.165) is 22.4 Å². The van der Waals surface area contributed by atoms with Gasteiger partial charge in [0.15, 0.2) is 11.6 Å². The van der Waals surface area contributed by atoms with E-state index in [4.69, 9.17) is 4.74 Å². The molecule has 0 saturated heterocycles. The van der Waals surface area contributed by atoms with E-state index in [1.165, 1.54) is 12.1 Å². The summed E-state index contributed by atoms with van der Waals surface area (Å²) in [4.78, 5) is 24.2. The fourth-order valence-corrected chi connectivity index (χ4v) is 2.52. The molecule has 0 aliphatic heterocycles. The quantitative estimate of drug-likeness (QED) is 0.707. The number of amides is 1. The molecule has 0 radical (unpaired) electrons. The Balaban J connectivity index is 1.76. The summed E-state index contributed by atoms with van der Waals surface area (Å²) in [5, 5.41) is 6.60. The van der Waals surface area contributed by atoms with E-state index in [9.17, 15) is 18.4 Å². The van der Waals surface area contributed by atoms with Crippen molar-refractivity contribution in [2.75, 3.05) is 11.9 Å². The monoisotopic (exact) mass is 385 g/mol. The summed E-state index contributed by atoms with van der Waals surface area (Å²) in [5.74, 6) is -1.97. The van der Waals surface area contributed by atoms with Gasteiger partial charge in [-0.1, -0.05) is 0 Å². The lowest BCUT2D eigenvalue weighted by molar-refractivity contribution is -0.117. The van der Waals surface area contributed by atoms with Crippen LogP contribution in [-0.2, 0) is 11.3 Å². The molecular formula is C20H17F2N3O3. The third-order valence-corrected chi connectivity index (χ3v) is 3.82. The minimum atomic E-state index is -1.08. The van der Waals surface area contributed by atoms with Gasteiger partial charge in [-0.2, -0.15) is 5.10 Å². The van der Waals surface area contributed by atoms with Crippen LogP contribution in [0.15, 0.2) is 59.4 Å². The smallest absolute Gasteiger partial charge is 0.267 e. The molecule has 8 heteroatoms. The first-order chi connectivity index (χ1) is 13.5. The van der Waals surface area contributed by atoms with Gasteiger partial charge in [0.05, 0.1) is 12.3 Å². The maximum absolute atomic E-state index is 13.2. The van der Waals surface area contributed by atoms with E-state index >= 15 is 0 Å². The van der Waals surface area contributed by atoms with Crippen molar-refractivity contribution in [3.8, 4) is 17.0 Å². The minimum absolute atomic E-state index is 0.0830. The zero-order valence-corrected chi connectivity index (χ0v) is 15.0. The highest BCUT2D eigenvalue weighted by Gasteiger charge is 2.10. The zero-order chi connectivity index (χ0) is 20.1. The summed E-state index contributed by atoms with van der Waals surface area (Å²) in [5.41, 5.74) is 0.872. The Morgan fingerprint density at radius 3 is 2.50 bits per heavy atom. The lowest BCUT2D eigenvalue weighted by Gasteiger charge is -2.09. The normalized spacial score (nSPS) is 10.5. The van der Waals surface area contributed by atoms with Crippen molar-refractivity contribution in [3.05, 3.63) is 76.6 Å². The Bertz CT molecular complexity index is 1050. The molecule has 144 valence electrons. The zero-order valence-electron chi connectivity index (χ0n) is 15.0. The molecular weight excluding hydrogens is 368 g/mol. The lowest BCUT2D eigenvalue weighted by Crippen LogP contribution is -2.29. The van der Waals surface area contributed by atoms with Crippen LogP contribution in [0, 0.1) is 11.6 Å². The van der Waals surface area contributed by atoms with Gasteiger partial charge in [0.1, 0.15) is 12.3 Å². The predicted octanol–water partition coefficient (Wildman–Crippen LogP) is 3.23. The van der Waals surface area contributed by atoms with Crippen LogP contribution in [0.3, 0.4) is 0 Å². The van der Waals surface area contributed by atoms with Crippen molar-refractivity contribution >= 4 is 11.6 Å². The van der Waals surface area contributed by atoms with Crippen LogP contribution in [0.1, 0.15) is 6.92 Å². The summed E-state index contributed by atoms with van der Waals surface area (Å²) in [6.07, 6.45) is 0. The van der Waals surface area contributed by atoms with Gasteiger partial charge < -0.3 is 10.1 Å². The van der Waals surface area contributed by atoms with E-state index in [1.807, 2.05) is 6.92 Å². The average Bonchev–Trinajstić information content (AvgIpc) is 2.67. The standard InChI is InChI=1S/C20H17F2N3O3/c1-2-28-15-6-3-13(4-7-15)18-9-10-20(27)25(24-18)12-19(26)23-14-5-8-16(21)17(22)11-14/h3-11H,2,12H2,1H3,(H,23,26). The van der Waals surface area contributed by atoms with E-state index in [0.29, 0.717) is 18.1 Å². The Hall–Kier alpha value is -3.55. The van der Waals surface area contributed by atoms with Gasteiger partial charge in [-0.15, -0.1) is 0 Å². The van der Waals surface area contributed by atoms with Gasteiger partial charge in [-0.25, -0.2) is 13.5 Å². The number of carbonyl (C=O) groups is 1. The average molecular weight is 385 g/mol. The fraction of sp³-hybridized carbons (Fsp3) is 0.150. The lowest BCUT2D eigenvalue weighted by atomic mass is 10.1. The highest BCUT2D eigenvalue weighted by Crippen LogP contribution is 2.20. The number of rotatable bonds is 6. The summed E-state index contributed by atoms with van der Waals surface area (Å²) < 4.78 is 32.6. The first-order valence-electron chi connectivity index (χ1n) is 8.52. The SMILES string of the molecule is CCOc1ccc(-c2ccc(=O)n(CC(=O)Nc3ccc(F)c(F)c3)n2)cc1. The van der Waals surface area contributed by atoms with Crippen molar-refractivity contribution in [3.63, 3.8) is 0 Å². The van der Waals surface area contributed by atoms with Crippen LogP contribution in [0.4, 0.5) is 14.5 Å². The number of anilines is 1. The van der Waals surface area contributed by atoms with Gasteiger partial charge in [-0.05, 0) is 49.4 Å². The molecule has 0 saturated carbocycles. The van der Waals surface area contributed by atoms with E-state index < -0.39 is 23.1 Å². The molecule has 1 amide bonds. The Kier molecular flexibility index (Phi) is 5.78. The van der Waals surface area contributed by atoms with Crippen molar-refractivity contribution in [2.24, 2.45) is 0 Å². The molecule has 2 aromatic carbocycles. The molecule has 0 fully saturated rings. The third-order valence-electron chi connectivity index (χ3n) is 3.82. The summed E-state index contributed by atoms with van der Waals surface area (Å²) in [7, 11) is 0. The topological polar surface area (TPSA) is 73.2 Å². The third kappa shape index (κ3) is 4.59. The summed E-state index contributed by atoms with van der Waals surface area (Å²) in [6, 6.07) is 13.0. The number of nitrogens with one attached hydrogen (secondary N) is 1. The van der Waals surface area contributed by atoms with Gasteiger partial charge >= 0.3 is 0 Å². The highest BCUT2D eigenvalue weighted by molar-refractivity contribution is 5.90. The molecule has 0 bridgehead atoms. The Morgan fingerprint density at radius 2 is 1.82 bits per heavy atom. The maximum Gasteiger partial charge on any atom is 0.267 e. The molecule has 0 unspecified atom stereocenters. The van der Waals surface area contributed by atoms with Crippen molar-refractivity contribution in [1.82, 2.24) is 9.78 Å². The van der Waals surface area contributed by atoms with Gasteiger partial charge in [0.25, 0.3) is 5.56 Å². The van der Waals surface area contributed by atoms with Crippen LogP contribution in [0.2, 0.25) is 0 Å². The Morgan fingerprint density at radius 1 is 1.07 bits per heavy atom. The van der Waals surface area contributed by atoms with Gasteiger partial charge in [0, 0.05) is 23.4 Å². The van der Waals surface area contributed by atoms with Crippen LogP contribution in [-0.4, -0.2) is 22.3 Å². The fourth-order valence-electron chi connectivity index (χ4n) is 2.52. The number of hydrogen-bond acceptors (Lipinski definition) is 4. The molecule has 3 aromatic rings. The van der Waals surface area contributed by atoms with Crippen LogP contribution >= 0.6 is 0 Å². The van der Waals surface area contributed by atoms with E-state index in [2.05, 4.69) is 10.4 Å². The number of nitrogens with zero attached hydrogens (tertiary/aromatic N) is 2. The molecule has 3 rings (SSSR count).